The molecule has 0 aromatic rings. The Bertz CT molecular complexity index is 268. The molecule has 0 bridgehead atoms. The number of hydrogen-bond acceptors (Lipinski definition) is 7. The van der Waals surface area contributed by atoms with Gasteiger partial charge in [0.05, 0.1) is 0 Å². The first-order valence-corrected chi connectivity index (χ1v) is 10.8. The molecule has 0 fully saturated rings. The van der Waals surface area contributed by atoms with Gasteiger partial charge in [0.2, 0.25) is 0 Å². The molecule has 0 saturated heterocycles. The first kappa shape index (κ1) is 20.3. The number of methoxy groups -OCH3 is 4. The molecule has 0 amide bonds. The summed E-state index contributed by atoms with van der Waals surface area (Å²) >= 11 is -4.83. The molecule has 0 unspecified atom stereocenters. The topological polar surface area (TPSA) is 72.5 Å². The third kappa shape index (κ3) is 7.90. The van der Waals surface area contributed by atoms with E-state index in [1.54, 1.807) is 28.4 Å². The maximum atomic E-state index is 13.4. The van der Waals surface area contributed by atoms with Crippen LogP contribution >= 0.6 is 0 Å². The third-order valence-electron chi connectivity index (χ3n) is 3.00. The zero-order valence-electron chi connectivity index (χ0n) is 13.0. The van der Waals surface area contributed by atoms with Gasteiger partial charge < -0.3 is 0 Å². The van der Waals surface area contributed by atoms with E-state index in [2.05, 4.69) is 0 Å². The van der Waals surface area contributed by atoms with Crippen molar-refractivity contribution in [2.45, 2.75) is 9.45 Å². The number of ether oxygens (including phenoxy) is 4. The predicted molar refractivity (Wildman–Crippen MR) is 69.7 cm³/mol. The van der Waals surface area contributed by atoms with Crippen LogP contribution in [-0.4, -0.2) is 68.1 Å². The van der Waals surface area contributed by atoms with Crippen LogP contribution in [0.3, 0.4) is 0 Å². The molecule has 0 N–H and O–H groups in total. The van der Waals surface area contributed by atoms with E-state index >= 15 is 0 Å². The number of rotatable bonds is 14. The molecule has 0 saturated carbocycles. The Kier molecular flexibility index (Phi) is 11.1. The van der Waals surface area contributed by atoms with Crippen molar-refractivity contribution < 1.29 is 45.0 Å². The van der Waals surface area contributed by atoms with Gasteiger partial charge in [0.25, 0.3) is 0 Å². The summed E-state index contributed by atoms with van der Waals surface area (Å²) in [7, 11) is 6.23. The van der Waals surface area contributed by atoms with Gasteiger partial charge in [-0.15, -0.1) is 0 Å². The van der Waals surface area contributed by atoms with Crippen molar-refractivity contribution >= 4 is 0 Å². The second kappa shape index (κ2) is 10.9. The Hall–Kier alpha value is 0.274. The fourth-order valence-electron chi connectivity index (χ4n) is 1.76. The Balaban J connectivity index is 4.89. The molecular weight excluding hydrogens is 304 g/mol. The molecule has 7 nitrogen and oxygen atoms in total. The van der Waals surface area contributed by atoms with Crippen LogP contribution in [0.1, 0.15) is 0 Å². The standard InChI is InChI=1S/2C3H7O2.2C3H7O.O.Ti/c2*1-5-3-2-4;2*1-3-4-2;;/h2*2-3H2,1H3;2*1,3H2,2H3;;/q2*-1;;;;+2. The van der Waals surface area contributed by atoms with Crippen molar-refractivity contribution in [3.63, 3.8) is 0 Å². The van der Waals surface area contributed by atoms with Crippen molar-refractivity contribution in [2.24, 2.45) is 0 Å². The fraction of sp³-hybridized carbons (Fsp3) is 1.00. The van der Waals surface area contributed by atoms with Gasteiger partial charge >= 0.3 is 122 Å². The van der Waals surface area contributed by atoms with Gasteiger partial charge in [0.15, 0.2) is 0 Å². The summed E-state index contributed by atoms with van der Waals surface area (Å²) in [5.74, 6) is 0. The molecule has 0 atom stereocenters. The summed E-state index contributed by atoms with van der Waals surface area (Å²) in [4.78, 5) is 0. The molecule has 122 valence electrons. The molecule has 0 aliphatic rings. The zero-order valence-corrected chi connectivity index (χ0v) is 14.6. The Morgan fingerprint density at radius 1 is 0.600 bits per heavy atom. The quantitative estimate of drug-likeness (QED) is 0.351. The van der Waals surface area contributed by atoms with Crippen LogP contribution in [0.15, 0.2) is 0 Å². The van der Waals surface area contributed by atoms with Crippen molar-refractivity contribution in [1.29, 1.82) is 0 Å². The average Bonchev–Trinajstić information content (AvgIpc) is 2.44. The molecule has 0 aliphatic heterocycles. The maximum absolute atomic E-state index is 13.4. The van der Waals surface area contributed by atoms with Gasteiger partial charge in [-0.3, -0.25) is 0 Å². The SMILES string of the molecule is COCC[O][Ti](=[O])([CH2]COC)([CH2]COC)[O]CCOC. The first-order chi connectivity index (χ1) is 9.54. The Morgan fingerprint density at radius 3 is 1.25 bits per heavy atom. The summed E-state index contributed by atoms with van der Waals surface area (Å²) < 4.78 is 45.2. The van der Waals surface area contributed by atoms with Gasteiger partial charge in [-0.25, -0.2) is 0 Å². The minimum absolute atomic E-state index is 0.220. The van der Waals surface area contributed by atoms with Crippen molar-refractivity contribution in [3.05, 3.63) is 0 Å². The van der Waals surface area contributed by atoms with Crippen molar-refractivity contribution in [3.8, 4) is 0 Å². The number of hydrogen-bond donors (Lipinski definition) is 0. The van der Waals surface area contributed by atoms with Crippen LogP contribution in [-0.2, 0) is 45.0 Å². The second-order valence-corrected chi connectivity index (χ2v) is 11.3. The summed E-state index contributed by atoms with van der Waals surface area (Å²) in [5, 5.41) is 0. The molecule has 0 rings (SSSR count). The van der Waals surface area contributed by atoms with Crippen LogP contribution in [0, 0.1) is 0 Å². The molecule has 0 radical (unpaired) electrons. The van der Waals surface area contributed by atoms with Crippen LogP contribution in [0.5, 0.6) is 0 Å². The van der Waals surface area contributed by atoms with Crippen LogP contribution in [0.25, 0.3) is 0 Å². The molecule has 0 spiro atoms. The summed E-state index contributed by atoms with van der Waals surface area (Å²) in [6.07, 6.45) is 0. The van der Waals surface area contributed by atoms with E-state index in [0.717, 1.165) is 0 Å². The van der Waals surface area contributed by atoms with E-state index in [-0.39, 0.29) is 22.7 Å². The summed E-state index contributed by atoms with van der Waals surface area (Å²) in [5.41, 5.74) is 0. The zero-order chi connectivity index (χ0) is 15.3. The minimum atomic E-state index is -4.83. The monoisotopic (exact) mass is 332 g/mol. The molecule has 0 aromatic heterocycles. The van der Waals surface area contributed by atoms with Crippen molar-refractivity contribution in [2.75, 3.05) is 68.1 Å². The summed E-state index contributed by atoms with van der Waals surface area (Å²) in [6, 6.07) is 0. The van der Waals surface area contributed by atoms with Crippen LogP contribution in [0.4, 0.5) is 0 Å². The van der Waals surface area contributed by atoms with Gasteiger partial charge in [0.1, 0.15) is 0 Å². The van der Waals surface area contributed by atoms with Gasteiger partial charge in [-0.1, -0.05) is 0 Å². The normalized spacial score (nSPS) is 12.8. The summed E-state index contributed by atoms with van der Waals surface area (Å²) in [6.45, 7) is 1.77. The Morgan fingerprint density at radius 2 is 0.950 bits per heavy atom. The molecule has 0 aliphatic carbocycles. The fourth-order valence-corrected chi connectivity index (χ4v) is 6.73. The van der Waals surface area contributed by atoms with E-state index in [4.69, 9.17) is 25.6 Å². The molecular formula is C12H28O7Ti. The van der Waals surface area contributed by atoms with Crippen LogP contribution in [0.2, 0.25) is 9.45 Å². The van der Waals surface area contributed by atoms with Gasteiger partial charge in [-0.2, -0.15) is 0 Å². The van der Waals surface area contributed by atoms with Gasteiger partial charge in [0, 0.05) is 0 Å². The van der Waals surface area contributed by atoms with E-state index in [9.17, 15) is 3.32 Å². The molecule has 0 heterocycles. The molecule has 0 aromatic carbocycles. The molecule has 8 heteroatoms. The van der Waals surface area contributed by atoms with E-state index in [1.807, 2.05) is 0 Å². The average molecular weight is 332 g/mol. The second-order valence-electron chi connectivity index (χ2n) is 4.53. The Labute approximate surface area is 123 Å². The van der Waals surface area contributed by atoms with E-state index in [0.29, 0.717) is 26.4 Å². The first-order valence-electron chi connectivity index (χ1n) is 6.68. The van der Waals surface area contributed by atoms with E-state index in [1.165, 1.54) is 0 Å². The van der Waals surface area contributed by atoms with E-state index < -0.39 is 16.1 Å². The van der Waals surface area contributed by atoms with Crippen LogP contribution < -0.4 is 0 Å². The third-order valence-corrected chi connectivity index (χ3v) is 9.30. The van der Waals surface area contributed by atoms with Crippen molar-refractivity contribution in [1.82, 2.24) is 0 Å². The van der Waals surface area contributed by atoms with Gasteiger partial charge in [-0.05, 0) is 0 Å². The molecule has 20 heavy (non-hydrogen) atoms. The predicted octanol–water partition coefficient (Wildman–Crippen LogP) is 1.31.